The Labute approximate surface area is 96.4 Å². The molecule has 1 unspecified atom stereocenters. The average molecular weight is 267 g/mol. The number of rotatable bonds is 1. The number of amides is 2. The summed E-state index contributed by atoms with van der Waals surface area (Å²) in [6.45, 7) is 0. The van der Waals surface area contributed by atoms with Gasteiger partial charge in [0.15, 0.2) is 0 Å². The molecule has 2 aliphatic rings. The van der Waals surface area contributed by atoms with Crippen LogP contribution in [0.3, 0.4) is 0 Å². The Morgan fingerprint density at radius 1 is 1.33 bits per heavy atom. The summed E-state index contributed by atoms with van der Waals surface area (Å²) < 4.78 is 0.959. The lowest BCUT2D eigenvalue weighted by Gasteiger charge is -2.28. The Kier molecular flexibility index (Phi) is 1.99. The van der Waals surface area contributed by atoms with Gasteiger partial charge in [0.25, 0.3) is 0 Å². The maximum absolute atomic E-state index is 11.5. The van der Waals surface area contributed by atoms with Crippen molar-refractivity contribution in [2.45, 2.75) is 18.9 Å². The molecule has 1 aliphatic heterocycles. The van der Waals surface area contributed by atoms with E-state index < -0.39 is 0 Å². The van der Waals surface area contributed by atoms with Crippen LogP contribution in [0.4, 0.5) is 10.5 Å². The van der Waals surface area contributed by atoms with Crippen LogP contribution < -0.4 is 10.6 Å². The lowest BCUT2D eigenvalue weighted by molar-refractivity contribution is 0.245. The van der Waals surface area contributed by atoms with E-state index in [0.29, 0.717) is 5.92 Å². The zero-order valence-corrected chi connectivity index (χ0v) is 9.67. The number of nitrogens with one attached hydrogen (secondary N) is 2. The maximum atomic E-state index is 11.5. The van der Waals surface area contributed by atoms with E-state index in [1.807, 2.05) is 12.1 Å². The van der Waals surface area contributed by atoms with Crippen LogP contribution >= 0.6 is 15.9 Å². The van der Waals surface area contributed by atoms with Crippen LogP contribution in [0.25, 0.3) is 0 Å². The number of anilines is 1. The normalized spacial score (nSPS) is 24.1. The number of carbonyl (C=O) groups is 1. The number of fused-ring (bicyclic) bond motifs is 1. The maximum Gasteiger partial charge on any atom is 0.319 e. The van der Waals surface area contributed by atoms with Crippen LogP contribution in [0.5, 0.6) is 0 Å². The zero-order chi connectivity index (χ0) is 10.4. The van der Waals surface area contributed by atoms with Gasteiger partial charge in [0.1, 0.15) is 0 Å². The Hall–Kier alpha value is -1.03. The first-order chi connectivity index (χ1) is 7.25. The number of hydrogen-bond acceptors (Lipinski definition) is 1. The molecule has 78 valence electrons. The molecular formula is C11H11BrN2O. The Balaban J connectivity index is 2.09. The second kappa shape index (κ2) is 3.23. The minimum absolute atomic E-state index is 0.0914. The summed E-state index contributed by atoms with van der Waals surface area (Å²) in [5.74, 6) is 0.629. The molecule has 3 nitrogen and oxygen atoms in total. The van der Waals surface area contributed by atoms with Crippen molar-refractivity contribution in [1.82, 2.24) is 5.32 Å². The smallest absolute Gasteiger partial charge is 0.319 e. The summed E-state index contributed by atoms with van der Waals surface area (Å²) in [4.78, 5) is 11.5. The fraction of sp³-hybridized carbons (Fsp3) is 0.364. The SMILES string of the molecule is O=C1Nc2c(Br)cccc2C(C2CC2)N1. The number of urea groups is 1. The van der Waals surface area contributed by atoms with Crippen molar-refractivity contribution in [3.63, 3.8) is 0 Å². The van der Waals surface area contributed by atoms with Crippen molar-refractivity contribution in [2.75, 3.05) is 5.32 Å². The van der Waals surface area contributed by atoms with Crippen LogP contribution in [0.2, 0.25) is 0 Å². The zero-order valence-electron chi connectivity index (χ0n) is 8.09. The highest BCUT2D eigenvalue weighted by atomic mass is 79.9. The molecule has 1 fully saturated rings. The second-order valence-corrected chi connectivity index (χ2v) is 4.97. The Morgan fingerprint density at radius 2 is 2.13 bits per heavy atom. The summed E-state index contributed by atoms with van der Waals surface area (Å²) in [5.41, 5.74) is 2.13. The van der Waals surface area contributed by atoms with Crippen molar-refractivity contribution in [3.05, 3.63) is 28.2 Å². The van der Waals surface area contributed by atoms with E-state index in [-0.39, 0.29) is 12.1 Å². The van der Waals surface area contributed by atoms with E-state index in [9.17, 15) is 4.79 Å². The van der Waals surface area contributed by atoms with Crippen molar-refractivity contribution in [2.24, 2.45) is 5.92 Å². The van der Waals surface area contributed by atoms with Crippen LogP contribution in [0.1, 0.15) is 24.4 Å². The van der Waals surface area contributed by atoms with Gasteiger partial charge in [-0.1, -0.05) is 12.1 Å². The fourth-order valence-electron chi connectivity index (χ4n) is 2.10. The average Bonchev–Trinajstić information content (AvgIpc) is 3.02. The summed E-state index contributed by atoms with van der Waals surface area (Å²) in [7, 11) is 0. The standard InChI is InChI=1S/C11H11BrN2O/c12-8-3-1-2-7-9(6-4-5-6)13-11(15)14-10(7)8/h1-3,6,9H,4-5H2,(H2,13,14,15). The molecule has 0 bridgehead atoms. The Bertz CT molecular complexity index is 429. The molecule has 1 atom stereocenters. The topological polar surface area (TPSA) is 41.1 Å². The first-order valence-electron chi connectivity index (χ1n) is 5.11. The largest absolute Gasteiger partial charge is 0.331 e. The van der Waals surface area contributed by atoms with Gasteiger partial charge in [0.2, 0.25) is 0 Å². The molecule has 4 heteroatoms. The Morgan fingerprint density at radius 3 is 2.87 bits per heavy atom. The van der Waals surface area contributed by atoms with Crippen LogP contribution in [0, 0.1) is 5.92 Å². The third kappa shape index (κ3) is 1.53. The molecule has 3 rings (SSSR count). The molecule has 0 saturated heterocycles. The van der Waals surface area contributed by atoms with Crippen LogP contribution in [-0.4, -0.2) is 6.03 Å². The molecule has 0 radical (unpaired) electrons. The lowest BCUT2D eigenvalue weighted by atomic mass is 9.99. The van der Waals surface area contributed by atoms with Gasteiger partial charge in [-0.2, -0.15) is 0 Å². The quantitative estimate of drug-likeness (QED) is 0.806. The van der Waals surface area contributed by atoms with Crippen molar-refractivity contribution in [3.8, 4) is 0 Å². The van der Waals surface area contributed by atoms with Crippen molar-refractivity contribution < 1.29 is 4.79 Å². The number of para-hydroxylation sites is 1. The summed E-state index contributed by atoms with van der Waals surface area (Å²) in [5, 5.41) is 5.83. The van der Waals surface area contributed by atoms with Gasteiger partial charge in [-0.3, -0.25) is 0 Å². The minimum Gasteiger partial charge on any atom is -0.331 e. The van der Waals surface area contributed by atoms with Gasteiger partial charge < -0.3 is 10.6 Å². The van der Waals surface area contributed by atoms with E-state index in [4.69, 9.17) is 0 Å². The van der Waals surface area contributed by atoms with Gasteiger partial charge in [0, 0.05) is 4.47 Å². The molecule has 0 spiro atoms. The second-order valence-electron chi connectivity index (χ2n) is 4.12. The van der Waals surface area contributed by atoms with E-state index >= 15 is 0 Å². The first kappa shape index (κ1) is 9.21. The van der Waals surface area contributed by atoms with Crippen molar-refractivity contribution in [1.29, 1.82) is 0 Å². The molecule has 1 aromatic carbocycles. The molecular weight excluding hydrogens is 256 g/mol. The lowest BCUT2D eigenvalue weighted by Crippen LogP contribution is -2.38. The fourth-order valence-corrected chi connectivity index (χ4v) is 2.58. The van der Waals surface area contributed by atoms with E-state index in [1.165, 1.54) is 18.4 Å². The predicted octanol–water partition coefficient (Wildman–Crippen LogP) is 3.04. The highest BCUT2D eigenvalue weighted by Gasteiger charge is 2.37. The summed E-state index contributed by atoms with van der Waals surface area (Å²) >= 11 is 3.46. The van der Waals surface area contributed by atoms with Gasteiger partial charge >= 0.3 is 6.03 Å². The number of hydrogen-bond donors (Lipinski definition) is 2. The summed E-state index contributed by atoms with van der Waals surface area (Å²) in [6, 6.07) is 6.15. The van der Waals surface area contributed by atoms with E-state index in [0.717, 1.165) is 10.2 Å². The van der Waals surface area contributed by atoms with E-state index in [2.05, 4.69) is 32.6 Å². The van der Waals surface area contributed by atoms with Crippen LogP contribution in [0.15, 0.2) is 22.7 Å². The number of benzene rings is 1. The number of halogens is 1. The van der Waals surface area contributed by atoms with Gasteiger partial charge in [-0.25, -0.2) is 4.79 Å². The van der Waals surface area contributed by atoms with Crippen molar-refractivity contribution >= 4 is 27.6 Å². The highest BCUT2D eigenvalue weighted by molar-refractivity contribution is 9.10. The third-order valence-electron chi connectivity index (χ3n) is 3.00. The molecule has 1 heterocycles. The first-order valence-corrected chi connectivity index (χ1v) is 5.91. The predicted molar refractivity (Wildman–Crippen MR) is 61.8 cm³/mol. The molecule has 2 N–H and O–H groups in total. The molecule has 0 aromatic heterocycles. The monoisotopic (exact) mass is 266 g/mol. The molecule has 1 saturated carbocycles. The van der Waals surface area contributed by atoms with Gasteiger partial charge in [-0.05, 0) is 46.3 Å². The number of carbonyl (C=O) groups excluding carboxylic acids is 1. The summed E-state index contributed by atoms with van der Waals surface area (Å²) in [6.07, 6.45) is 2.44. The minimum atomic E-state index is -0.0914. The molecule has 1 aliphatic carbocycles. The molecule has 2 amide bonds. The molecule has 15 heavy (non-hydrogen) atoms. The molecule has 1 aromatic rings. The van der Waals surface area contributed by atoms with E-state index in [1.54, 1.807) is 0 Å². The van der Waals surface area contributed by atoms with Gasteiger partial charge in [-0.15, -0.1) is 0 Å². The highest BCUT2D eigenvalue weighted by Crippen LogP contribution is 2.45. The van der Waals surface area contributed by atoms with Crippen LogP contribution in [-0.2, 0) is 0 Å². The van der Waals surface area contributed by atoms with Gasteiger partial charge in [0.05, 0.1) is 11.7 Å². The third-order valence-corrected chi connectivity index (χ3v) is 3.66.